The zero-order chi connectivity index (χ0) is 10.7. The van der Waals surface area contributed by atoms with Gasteiger partial charge in [-0.3, -0.25) is 0 Å². The van der Waals surface area contributed by atoms with E-state index in [1.807, 2.05) is 0 Å². The molecule has 2 fully saturated rings. The lowest BCUT2D eigenvalue weighted by Crippen LogP contribution is -2.54. The molecule has 0 bridgehead atoms. The van der Waals surface area contributed by atoms with Gasteiger partial charge in [0.1, 0.15) is 0 Å². The van der Waals surface area contributed by atoms with Crippen LogP contribution in [0.25, 0.3) is 0 Å². The quantitative estimate of drug-likeness (QED) is 0.731. The van der Waals surface area contributed by atoms with Crippen LogP contribution in [0.4, 0.5) is 0 Å². The summed E-state index contributed by atoms with van der Waals surface area (Å²) in [6.45, 7) is 5.82. The number of hydrogen-bond donors (Lipinski definition) is 2. The summed E-state index contributed by atoms with van der Waals surface area (Å²) in [4.78, 5) is 0. The molecule has 1 aliphatic heterocycles. The van der Waals surface area contributed by atoms with Crippen LogP contribution in [0.15, 0.2) is 0 Å². The van der Waals surface area contributed by atoms with Crippen LogP contribution >= 0.6 is 0 Å². The van der Waals surface area contributed by atoms with Crippen LogP contribution in [0.5, 0.6) is 0 Å². The van der Waals surface area contributed by atoms with Gasteiger partial charge in [-0.15, -0.1) is 0 Å². The number of nitrogens with one attached hydrogen (secondary N) is 2. The fourth-order valence-corrected chi connectivity index (χ4v) is 3.12. The Hall–Kier alpha value is -0.0800. The van der Waals surface area contributed by atoms with Crippen LogP contribution in [0.1, 0.15) is 58.8 Å². The van der Waals surface area contributed by atoms with E-state index >= 15 is 0 Å². The largest absolute Gasteiger partial charge is 0.312 e. The molecule has 1 unspecified atom stereocenters. The zero-order valence-corrected chi connectivity index (χ0v) is 10.3. The van der Waals surface area contributed by atoms with Crippen molar-refractivity contribution in [3.63, 3.8) is 0 Å². The Bertz CT molecular complexity index is 195. The zero-order valence-electron chi connectivity index (χ0n) is 10.3. The molecule has 0 aromatic carbocycles. The first-order valence-electron chi connectivity index (χ1n) is 6.67. The van der Waals surface area contributed by atoms with E-state index in [0.29, 0.717) is 5.54 Å². The summed E-state index contributed by atoms with van der Waals surface area (Å²) in [7, 11) is 0. The Labute approximate surface area is 94.2 Å². The van der Waals surface area contributed by atoms with Crippen molar-refractivity contribution in [2.24, 2.45) is 0 Å². The standard InChI is InChI=1S/C13H26N2/c1-13(2)10-12(8-9-14-13)15-11-6-4-3-5-7-11/h11-12,14-15H,3-10H2,1-2H3. The van der Waals surface area contributed by atoms with E-state index in [1.165, 1.54) is 51.5 Å². The first-order chi connectivity index (χ1) is 7.16. The smallest absolute Gasteiger partial charge is 0.0139 e. The molecule has 2 nitrogen and oxygen atoms in total. The van der Waals surface area contributed by atoms with Crippen molar-refractivity contribution in [2.75, 3.05) is 6.54 Å². The molecule has 1 heterocycles. The van der Waals surface area contributed by atoms with E-state index in [9.17, 15) is 0 Å². The predicted octanol–water partition coefficient (Wildman–Crippen LogP) is 2.44. The number of rotatable bonds is 2. The monoisotopic (exact) mass is 210 g/mol. The molecule has 1 aliphatic carbocycles. The lowest BCUT2D eigenvalue weighted by molar-refractivity contribution is 0.221. The highest BCUT2D eigenvalue weighted by Gasteiger charge is 2.28. The maximum absolute atomic E-state index is 3.87. The summed E-state index contributed by atoms with van der Waals surface area (Å²) in [6.07, 6.45) is 9.73. The minimum atomic E-state index is 0.338. The van der Waals surface area contributed by atoms with Crippen LogP contribution in [-0.4, -0.2) is 24.2 Å². The van der Waals surface area contributed by atoms with Gasteiger partial charge in [0.15, 0.2) is 0 Å². The molecule has 15 heavy (non-hydrogen) atoms. The highest BCUT2D eigenvalue weighted by atomic mass is 15.0. The minimum absolute atomic E-state index is 0.338. The molecular formula is C13H26N2. The van der Waals surface area contributed by atoms with E-state index in [-0.39, 0.29) is 0 Å². The van der Waals surface area contributed by atoms with E-state index < -0.39 is 0 Å². The first-order valence-corrected chi connectivity index (χ1v) is 6.67. The Morgan fingerprint density at radius 1 is 1.00 bits per heavy atom. The predicted molar refractivity (Wildman–Crippen MR) is 65.1 cm³/mol. The average molecular weight is 210 g/mol. The lowest BCUT2D eigenvalue weighted by Gasteiger charge is -2.39. The van der Waals surface area contributed by atoms with Gasteiger partial charge < -0.3 is 10.6 Å². The minimum Gasteiger partial charge on any atom is -0.312 e. The Morgan fingerprint density at radius 2 is 1.73 bits per heavy atom. The molecule has 1 saturated heterocycles. The van der Waals surface area contributed by atoms with Crippen LogP contribution in [0.2, 0.25) is 0 Å². The average Bonchev–Trinajstić information content (AvgIpc) is 2.17. The highest BCUT2D eigenvalue weighted by molar-refractivity contribution is 4.91. The molecule has 88 valence electrons. The van der Waals surface area contributed by atoms with Gasteiger partial charge >= 0.3 is 0 Å². The first kappa shape index (κ1) is 11.4. The second-order valence-corrected chi connectivity index (χ2v) is 6.00. The summed E-state index contributed by atoms with van der Waals surface area (Å²) in [5, 5.41) is 7.46. The molecule has 1 saturated carbocycles. The maximum Gasteiger partial charge on any atom is 0.0139 e. The van der Waals surface area contributed by atoms with Gasteiger partial charge in [-0.05, 0) is 46.1 Å². The third-order valence-corrected chi connectivity index (χ3v) is 3.93. The maximum atomic E-state index is 3.87. The Kier molecular flexibility index (Phi) is 3.68. The van der Waals surface area contributed by atoms with Crippen molar-refractivity contribution in [1.29, 1.82) is 0 Å². The summed E-state index contributed by atoms with van der Waals surface area (Å²) < 4.78 is 0. The third-order valence-electron chi connectivity index (χ3n) is 3.93. The van der Waals surface area contributed by atoms with Crippen molar-refractivity contribution >= 4 is 0 Å². The molecule has 2 aliphatic rings. The molecule has 0 spiro atoms. The molecular weight excluding hydrogens is 184 g/mol. The fourth-order valence-electron chi connectivity index (χ4n) is 3.12. The van der Waals surface area contributed by atoms with Crippen molar-refractivity contribution in [3.8, 4) is 0 Å². The number of hydrogen-bond acceptors (Lipinski definition) is 2. The molecule has 1 atom stereocenters. The third kappa shape index (κ3) is 3.46. The van der Waals surface area contributed by atoms with Crippen molar-refractivity contribution in [3.05, 3.63) is 0 Å². The van der Waals surface area contributed by atoms with Crippen molar-refractivity contribution in [2.45, 2.75) is 76.4 Å². The number of piperidine rings is 1. The SMILES string of the molecule is CC1(C)CC(NC2CCCCC2)CCN1. The van der Waals surface area contributed by atoms with Gasteiger partial charge in [-0.1, -0.05) is 19.3 Å². The van der Waals surface area contributed by atoms with Gasteiger partial charge in [0, 0.05) is 17.6 Å². The van der Waals surface area contributed by atoms with Gasteiger partial charge in [0.25, 0.3) is 0 Å². The van der Waals surface area contributed by atoms with Crippen molar-refractivity contribution < 1.29 is 0 Å². The summed E-state index contributed by atoms with van der Waals surface area (Å²) in [6, 6.07) is 1.57. The van der Waals surface area contributed by atoms with Crippen molar-refractivity contribution in [1.82, 2.24) is 10.6 Å². The molecule has 2 rings (SSSR count). The second kappa shape index (κ2) is 4.84. The van der Waals surface area contributed by atoms with Gasteiger partial charge in [0.05, 0.1) is 0 Å². The van der Waals surface area contributed by atoms with Crippen LogP contribution < -0.4 is 10.6 Å². The normalized spacial score (nSPS) is 32.8. The molecule has 0 aromatic heterocycles. The van der Waals surface area contributed by atoms with E-state index in [4.69, 9.17) is 0 Å². The topological polar surface area (TPSA) is 24.1 Å². The van der Waals surface area contributed by atoms with Gasteiger partial charge in [0.2, 0.25) is 0 Å². The van der Waals surface area contributed by atoms with Gasteiger partial charge in [-0.25, -0.2) is 0 Å². The van der Waals surface area contributed by atoms with Crippen LogP contribution in [-0.2, 0) is 0 Å². The summed E-state index contributed by atoms with van der Waals surface area (Å²) in [5.41, 5.74) is 0.338. The molecule has 0 radical (unpaired) electrons. The van der Waals surface area contributed by atoms with Gasteiger partial charge in [-0.2, -0.15) is 0 Å². The van der Waals surface area contributed by atoms with Crippen LogP contribution in [0, 0.1) is 0 Å². The van der Waals surface area contributed by atoms with E-state index in [0.717, 1.165) is 12.1 Å². The lowest BCUT2D eigenvalue weighted by atomic mass is 9.87. The molecule has 2 heteroatoms. The molecule has 0 amide bonds. The molecule has 2 N–H and O–H groups in total. The van der Waals surface area contributed by atoms with E-state index in [1.54, 1.807) is 0 Å². The molecule has 0 aromatic rings. The Morgan fingerprint density at radius 3 is 2.40 bits per heavy atom. The Balaban J connectivity index is 1.78. The van der Waals surface area contributed by atoms with E-state index in [2.05, 4.69) is 24.5 Å². The van der Waals surface area contributed by atoms with Crippen LogP contribution in [0.3, 0.4) is 0 Å². The summed E-state index contributed by atoms with van der Waals surface area (Å²) >= 11 is 0. The second-order valence-electron chi connectivity index (χ2n) is 6.00. The fraction of sp³-hybridized carbons (Fsp3) is 1.00. The summed E-state index contributed by atoms with van der Waals surface area (Å²) in [5.74, 6) is 0. The highest BCUT2D eigenvalue weighted by Crippen LogP contribution is 2.22.